The summed E-state index contributed by atoms with van der Waals surface area (Å²) in [4.78, 5) is 60.1. The molecular formula is C27H35N5O6. The molecule has 204 valence electrons. The SMILES string of the molecule is COC(=O)C1CCCN(C(=O)[C@H](Cc2cccc(O)c2)NC(=O)[C@@H](CC(=O)c2cnc(C)nc2)C(C)C)N1. The van der Waals surface area contributed by atoms with Crippen LogP contribution in [0.2, 0.25) is 0 Å². The minimum atomic E-state index is -1.01. The fourth-order valence-electron chi connectivity index (χ4n) is 4.33. The van der Waals surface area contributed by atoms with Gasteiger partial charge in [0.25, 0.3) is 5.91 Å². The molecule has 0 spiro atoms. The number of nitrogens with zero attached hydrogens (tertiary/aromatic N) is 3. The average Bonchev–Trinajstić information content (AvgIpc) is 2.90. The maximum atomic E-state index is 13.6. The predicted octanol–water partition coefficient (Wildman–Crippen LogP) is 1.73. The fraction of sp³-hybridized carbons (Fsp3) is 0.481. The van der Waals surface area contributed by atoms with Gasteiger partial charge in [0.15, 0.2) is 5.78 Å². The fourth-order valence-corrected chi connectivity index (χ4v) is 4.33. The Morgan fingerprint density at radius 1 is 1.21 bits per heavy atom. The van der Waals surface area contributed by atoms with Crippen LogP contribution in [0.4, 0.5) is 0 Å². The molecule has 11 nitrogen and oxygen atoms in total. The minimum Gasteiger partial charge on any atom is -0.508 e. The number of rotatable bonds is 10. The second kappa shape index (κ2) is 13.1. The van der Waals surface area contributed by atoms with Crippen LogP contribution in [0.5, 0.6) is 5.75 Å². The summed E-state index contributed by atoms with van der Waals surface area (Å²) < 4.78 is 4.81. The highest BCUT2D eigenvalue weighted by Gasteiger charge is 2.35. The largest absolute Gasteiger partial charge is 0.508 e. The van der Waals surface area contributed by atoms with E-state index in [-0.39, 0.29) is 30.3 Å². The van der Waals surface area contributed by atoms with Gasteiger partial charge in [-0.05, 0) is 43.4 Å². The Kier molecular flexibility index (Phi) is 9.89. The van der Waals surface area contributed by atoms with Gasteiger partial charge in [-0.15, -0.1) is 0 Å². The summed E-state index contributed by atoms with van der Waals surface area (Å²) in [6, 6.07) is 4.75. The Morgan fingerprint density at radius 2 is 1.92 bits per heavy atom. The van der Waals surface area contributed by atoms with Crippen LogP contribution in [0.15, 0.2) is 36.7 Å². The van der Waals surface area contributed by atoms with Crippen molar-refractivity contribution in [2.24, 2.45) is 11.8 Å². The van der Waals surface area contributed by atoms with Crippen molar-refractivity contribution in [1.29, 1.82) is 0 Å². The number of carbonyl (C=O) groups excluding carboxylic acids is 4. The quantitative estimate of drug-likeness (QED) is 0.311. The number of aryl methyl sites for hydroxylation is 1. The van der Waals surface area contributed by atoms with Crippen LogP contribution in [0.3, 0.4) is 0 Å². The Balaban J connectivity index is 1.80. The lowest BCUT2D eigenvalue weighted by atomic mass is 9.88. The molecule has 0 saturated carbocycles. The monoisotopic (exact) mass is 525 g/mol. The number of aromatic hydroxyl groups is 1. The Bertz CT molecular complexity index is 1150. The van der Waals surface area contributed by atoms with Gasteiger partial charge in [-0.25, -0.2) is 15.4 Å². The molecule has 1 unspecified atom stereocenters. The Hall–Kier alpha value is -3.86. The molecule has 11 heteroatoms. The van der Waals surface area contributed by atoms with Crippen molar-refractivity contribution in [3.63, 3.8) is 0 Å². The summed E-state index contributed by atoms with van der Waals surface area (Å²) in [6.07, 6.45) is 4.00. The van der Waals surface area contributed by atoms with Gasteiger partial charge in [0.05, 0.1) is 12.7 Å². The molecule has 1 aliphatic heterocycles. The molecule has 1 aromatic carbocycles. The van der Waals surface area contributed by atoms with Crippen LogP contribution in [0.25, 0.3) is 0 Å². The van der Waals surface area contributed by atoms with E-state index in [1.54, 1.807) is 19.1 Å². The normalized spacial score (nSPS) is 17.0. The molecule has 1 aromatic heterocycles. The van der Waals surface area contributed by atoms with Crippen LogP contribution in [-0.2, 0) is 25.5 Å². The van der Waals surface area contributed by atoms with Crippen LogP contribution in [-0.4, -0.2) is 69.4 Å². The first-order valence-electron chi connectivity index (χ1n) is 12.6. The van der Waals surface area contributed by atoms with Gasteiger partial charge < -0.3 is 15.2 Å². The lowest BCUT2D eigenvalue weighted by Gasteiger charge is -2.35. The molecule has 1 fully saturated rings. The van der Waals surface area contributed by atoms with Crippen molar-refractivity contribution < 1.29 is 29.0 Å². The standard InChI is InChI=1S/C27H35N5O6/c1-16(2)21(13-24(34)19-14-28-17(3)29-15-19)25(35)30-23(12-18-7-5-8-20(33)11-18)26(36)32-10-6-9-22(31-32)27(37)38-4/h5,7-8,11,14-16,21-23,31,33H,6,9-10,12-13H2,1-4H3,(H,30,35)/t21-,22?,23-/m0/s1. The van der Waals surface area contributed by atoms with E-state index >= 15 is 0 Å². The summed E-state index contributed by atoms with van der Waals surface area (Å²) in [5.41, 5.74) is 3.86. The number of carbonyl (C=O) groups is 4. The number of Topliss-reactive ketones (excluding diaryl/α,β-unsaturated/α-hetero) is 1. The van der Waals surface area contributed by atoms with Gasteiger partial charge in [0, 0.05) is 37.7 Å². The third kappa shape index (κ3) is 7.58. The van der Waals surface area contributed by atoms with E-state index in [1.165, 1.54) is 36.6 Å². The molecule has 1 saturated heterocycles. The smallest absolute Gasteiger partial charge is 0.324 e. The number of hydrazine groups is 1. The summed E-state index contributed by atoms with van der Waals surface area (Å²) in [6.45, 7) is 5.73. The van der Waals surface area contributed by atoms with E-state index in [0.717, 1.165) is 0 Å². The zero-order valence-corrected chi connectivity index (χ0v) is 22.1. The highest BCUT2D eigenvalue weighted by atomic mass is 16.5. The van der Waals surface area contributed by atoms with Crippen molar-refractivity contribution in [3.8, 4) is 5.75 Å². The Morgan fingerprint density at radius 3 is 2.55 bits per heavy atom. The number of hydrogen-bond donors (Lipinski definition) is 3. The highest BCUT2D eigenvalue weighted by Crippen LogP contribution is 2.21. The van der Waals surface area contributed by atoms with Crippen molar-refractivity contribution >= 4 is 23.6 Å². The molecule has 38 heavy (non-hydrogen) atoms. The van der Waals surface area contributed by atoms with E-state index in [2.05, 4.69) is 20.7 Å². The summed E-state index contributed by atoms with van der Waals surface area (Å²) in [5.74, 6) is -1.96. The molecule has 3 N–H and O–H groups in total. The van der Waals surface area contributed by atoms with Crippen LogP contribution in [0, 0.1) is 18.8 Å². The number of ether oxygens (including phenoxy) is 1. The number of esters is 1. The second-order valence-corrected chi connectivity index (χ2v) is 9.77. The number of hydrogen-bond acceptors (Lipinski definition) is 9. The van der Waals surface area contributed by atoms with Gasteiger partial charge in [-0.3, -0.25) is 24.2 Å². The van der Waals surface area contributed by atoms with Crippen LogP contribution >= 0.6 is 0 Å². The van der Waals surface area contributed by atoms with Crippen molar-refractivity contribution in [2.45, 2.75) is 58.5 Å². The van der Waals surface area contributed by atoms with Crippen LogP contribution < -0.4 is 10.7 Å². The summed E-state index contributed by atoms with van der Waals surface area (Å²) >= 11 is 0. The average molecular weight is 526 g/mol. The van der Waals surface area contributed by atoms with Crippen LogP contribution in [0.1, 0.15) is 54.9 Å². The molecule has 2 heterocycles. The van der Waals surface area contributed by atoms with E-state index in [0.29, 0.717) is 36.3 Å². The maximum absolute atomic E-state index is 13.6. The van der Waals surface area contributed by atoms with Crippen molar-refractivity contribution in [1.82, 2.24) is 25.7 Å². The van der Waals surface area contributed by atoms with Gasteiger partial charge in [0.2, 0.25) is 5.91 Å². The first-order chi connectivity index (χ1) is 18.1. The van der Waals surface area contributed by atoms with E-state index in [9.17, 15) is 24.3 Å². The predicted molar refractivity (Wildman–Crippen MR) is 138 cm³/mol. The summed E-state index contributed by atoms with van der Waals surface area (Å²) in [5, 5.41) is 14.1. The maximum Gasteiger partial charge on any atom is 0.324 e. The lowest BCUT2D eigenvalue weighted by molar-refractivity contribution is -0.151. The third-order valence-electron chi connectivity index (χ3n) is 6.55. The zero-order chi connectivity index (χ0) is 27.8. The second-order valence-electron chi connectivity index (χ2n) is 9.77. The minimum absolute atomic E-state index is 0.0350. The molecule has 2 amide bonds. The number of methoxy groups -OCH3 is 1. The first-order valence-corrected chi connectivity index (χ1v) is 12.6. The number of amides is 2. The molecule has 2 aromatic rings. The van der Waals surface area contributed by atoms with Crippen molar-refractivity contribution in [2.75, 3.05) is 13.7 Å². The highest BCUT2D eigenvalue weighted by molar-refractivity contribution is 5.98. The van der Waals surface area contributed by atoms with Crippen molar-refractivity contribution in [3.05, 3.63) is 53.6 Å². The topological polar surface area (TPSA) is 151 Å². The number of phenols is 1. The summed E-state index contributed by atoms with van der Waals surface area (Å²) in [7, 11) is 1.28. The van der Waals surface area contributed by atoms with Gasteiger partial charge in [-0.2, -0.15) is 0 Å². The number of phenolic OH excluding ortho intramolecular Hbond substituents is 1. The lowest BCUT2D eigenvalue weighted by Crippen LogP contribution is -2.60. The third-order valence-corrected chi connectivity index (χ3v) is 6.55. The zero-order valence-electron chi connectivity index (χ0n) is 22.1. The molecule has 0 radical (unpaired) electrons. The van der Waals surface area contributed by atoms with Gasteiger partial charge in [0.1, 0.15) is 23.7 Å². The molecular weight excluding hydrogens is 490 g/mol. The number of benzene rings is 1. The van der Waals surface area contributed by atoms with E-state index in [1.807, 2.05) is 13.8 Å². The van der Waals surface area contributed by atoms with E-state index < -0.39 is 35.8 Å². The molecule has 1 aliphatic rings. The van der Waals surface area contributed by atoms with Gasteiger partial charge in [-0.1, -0.05) is 26.0 Å². The van der Waals surface area contributed by atoms with Gasteiger partial charge >= 0.3 is 5.97 Å². The number of nitrogens with one attached hydrogen (secondary N) is 2. The Labute approximate surface area is 222 Å². The molecule has 0 aliphatic carbocycles. The van der Waals surface area contributed by atoms with E-state index in [4.69, 9.17) is 4.74 Å². The number of aromatic nitrogens is 2. The number of ketones is 1. The molecule has 3 atom stereocenters. The molecule has 0 bridgehead atoms. The molecule has 3 rings (SSSR count). The first kappa shape index (κ1) is 28.7.